The summed E-state index contributed by atoms with van der Waals surface area (Å²) >= 11 is 0. The van der Waals surface area contributed by atoms with E-state index in [4.69, 9.17) is 4.74 Å². The Balaban J connectivity index is 1.48. The van der Waals surface area contributed by atoms with Crippen LogP contribution >= 0.6 is 0 Å². The third-order valence-electron chi connectivity index (χ3n) is 5.38. The standard InChI is InChI=1S/C25H29N3O2Si/c1-18-13-19(15-24(29)23-10-9-20-7-5-6-8-22(20)26-23)14-21-16-28(27-25(18)21)17-30-11-12-31(2,3)4/h5-10,13-14,16H,11-12,15,17H2,1-4H3/q-1. The minimum absolute atomic E-state index is 0.0200. The fourth-order valence-electron chi connectivity index (χ4n) is 3.64. The van der Waals surface area contributed by atoms with Gasteiger partial charge in [-0.15, -0.1) is 14.1 Å². The van der Waals surface area contributed by atoms with E-state index in [0.717, 1.165) is 45.6 Å². The van der Waals surface area contributed by atoms with Gasteiger partial charge in [0.15, 0.2) is 5.78 Å². The van der Waals surface area contributed by atoms with E-state index in [2.05, 4.69) is 29.7 Å². The summed E-state index contributed by atoms with van der Waals surface area (Å²) in [4.78, 5) is 17.4. The predicted octanol–water partition coefficient (Wildman–Crippen LogP) is 5.63. The molecule has 0 radical (unpaired) electrons. The van der Waals surface area contributed by atoms with E-state index in [-0.39, 0.29) is 5.78 Å². The Kier molecular flexibility index (Phi) is 6.02. The van der Waals surface area contributed by atoms with Gasteiger partial charge in [0.25, 0.3) is 0 Å². The van der Waals surface area contributed by atoms with Crippen molar-refractivity contribution >= 4 is 35.7 Å². The summed E-state index contributed by atoms with van der Waals surface area (Å²) in [6.07, 6.45) is 2.32. The highest BCUT2D eigenvalue weighted by atomic mass is 28.3. The highest BCUT2D eigenvalue weighted by Gasteiger charge is 2.13. The Morgan fingerprint density at radius 2 is 1.87 bits per heavy atom. The molecule has 0 aliphatic rings. The van der Waals surface area contributed by atoms with Gasteiger partial charge < -0.3 is 4.74 Å². The van der Waals surface area contributed by atoms with Gasteiger partial charge in [0.05, 0.1) is 11.0 Å². The average molecular weight is 432 g/mol. The molecule has 0 aliphatic carbocycles. The Morgan fingerprint density at radius 3 is 2.68 bits per heavy atom. The minimum Gasteiger partial charge on any atom is -0.362 e. The van der Waals surface area contributed by atoms with Crippen molar-refractivity contribution in [1.29, 1.82) is 0 Å². The fourth-order valence-corrected chi connectivity index (χ4v) is 4.40. The molecule has 0 bridgehead atoms. The van der Waals surface area contributed by atoms with Gasteiger partial charge in [-0.2, -0.15) is 24.7 Å². The van der Waals surface area contributed by atoms with Crippen molar-refractivity contribution in [3.63, 3.8) is 0 Å². The first-order valence-corrected chi connectivity index (χ1v) is 14.4. The maximum Gasteiger partial charge on any atom is 0.185 e. The molecule has 6 heteroatoms. The molecule has 2 aromatic carbocycles. The molecule has 0 saturated carbocycles. The van der Waals surface area contributed by atoms with Crippen LogP contribution in [0.3, 0.4) is 0 Å². The lowest BCUT2D eigenvalue weighted by Gasteiger charge is -2.26. The fraction of sp³-hybridized carbons (Fsp3) is 0.320. The summed E-state index contributed by atoms with van der Waals surface area (Å²) in [6.45, 7) is 10.3. The molecule has 2 aromatic heterocycles. The van der Waals surface area contributed by atoms with Crippen molar-refractivity contribution in [2.75, 3.05) is 6.61 Å². The van der Waals surface area contributed by atoms with E-state index in [0.29, 0.717) is 18.8 Å². The average Bonchev–Trinajstić information content (AvgIpc) is 3.13. The quantitative estimate of drug-likeness (QED) is 0.206. The Labute approximate surface area is 184 Å². The molecule has 4 rings (SSSR count). The smallest absolute Gasteiger partial charge is 0.185 e. The number of hydrogen-bond donors (Lipinski definition) is 0. The predicted molar refractivity (Wildman–Crippen MR) is 128 cm³/mol. The summed E-state index contributed by atoms with van der Waals surface area (Å²) in [6, 6.07) is 16.8. The van der Waals surface area contributed by atoms with Gasteiger partial charge in [0.1, 0.15) is 12.4 Å². The summed E-state index contributed by atoms with van der Waals surface area (Å²) < 4.78 is 7.67. The van der Waals surface area contributed by atoms with Crippen LogP contribution < -0.4 is 0 Å². The van der Waals surface area contributed by atoms with Crippen LogP contribution in [0.2, 0.25) is 25.7 Å². The number of carbonyl (C=O) groups excluding carboxylic acids is 1. The van der Waals surface area contributed by atoms with Gasteiger partial charge in [-0.25, -0.2) is 9.67 Å². The van der Waals surface area contributed by atoms with Gasteiger partial charge in [0, 0.05) is 30.0 Å². The Bertz CT molecular complexity index is 1240. The van der Waals surface area contributed by atoms with E-state index < -0.39 is 8.07 Å². The molecule has 161 valence electrons. The van der Waals surface area contributed by atoms with E-state index >= 15 is 0 Å². The van der Waals surface area contributed by atoms with Crippen LogP contribution in [0.4, 0.5) is 0 Å². The van der Waals surface area contributed by atoms with Gasteiger partial charge in [-0.3, -0.25) is 4.79 Å². The molecule has 2 heterocycles. The molecule has 0 spiro atoms. The normalized spacial score (nSPS) is 12.0. The number of carbonyl (C=O) groups is 1. The zero-order chi connectivity index (χ0) is 22.0. The number of benzene rings is 2. The molecule has 0 atom stereocenters. The highest BCUT2D eigenvalue weighted by Crippen LogP contribution is 2.21. The number of hydrogen-bond acceptors (Lipinski definition) is 4. The molecule has 0 N–H and O–H groups in total. The first-order chi connectivity index (χ1) is 14.8. The van der Waals surface area contributed by atoms with Crippen molar-refractivity contribution in [3.05, 3.63) is 71.5 Å². The zero-order valence-corrected chi connectivity index (χ0v) is 19.7. The largest absolute Gasteiger partial charge is 0.362 e. The van der Waals surface area contributed by atoms with Crippen LogP contribution in [0.1, 0.15) is 21.6 Å². The maximum atomic E-state index is 12.9. The third-order valence-corrected chi connectivity index (χ3v) is 7.08. The second kappa shape index (κ2) is 8.73. The third kappa shape index (κ3) is 5.27. The van der Waals surface area contributed by atoms with Gasteiger partial charge in [-0.1, -0.05) is 30.3 Å². The minimum atomic E-state index is -1.09. The lowest BCUT2D eigenvalue weighted by Crippen LogP contribution is -2.22. The summed E-state index contributed by atoms with van der Waals surface area (Å²) in [5.41, 5.74) is 4.34. The van der Waals surface area contributed by atoms with Crippen molar-refractivity contribution in [2.45, 2.75) is 45.8 Å². The van der Waals surface area contributed by atoms with Crippen LogP contribution in [-0.2, 0) is 17.9 Å². The summed E-state index contributed by atoms with van der Waals surface area (Å²) in [7, 11) is -1.09. The molecule has 0 aliphatic heterocycles. The summed E-state index contributed by atoms with van der Waals surface area (Å²) in [5, 5.41) is 6.73. The van der Waals surface area contributed by atoms with Crippen LogP contribution in [0.15, 0.2) is 54.7 Å². The first-order valence-electron chi connectivity index (χ1n) is 10.7. The molecule has 0 unspecified atom stereocenters. The number of aromatic nitrogens is 3. The van der Waals surface area contributed by atoms with Crippen LogP contribution in [-0.4, -0.2) is 35.2 Å². The van der Waals surface area contributed by atoms with E-state index in [1.54, 1.807) is 0 Å². The van der Waals surface area contributed by atoms with E-state index in [1.807, 2.05) is 66.3 Å². The zero-order valence-electron chi connectivity index (χ0n) is 18.7. The molecule has 0 amide bonds. The molecule has 0 fully saturated rings. The van der Waals surface area contributed by atoms with Crippen LogP contribution in [0.25, 0.3) is 21.8 Å². The molecular weight excluding hydrogens is 402 g/mol. The number of nitrogens with zero attached hydrogens (tertiary/aromatic N) is 3. The van der Waals surface area contributed by atoms with Gasteiger partial charge in [0.2, 0.25) is 0 Å². The number of rotatable bonds is 8. The maximum absolute atomic E-state index is 12.9. The molecule has 31 heavy (non-hydrogen) atoms. The van der Waals surface area contributed by atoms with Crippen LogP contribution in [0.5, 0.6) is 0 Å². The van der Waals surface area contributed by atoms with Crippen LogP contribution in [0, 0.1) is 6.92 Å². The Morgan fingerprint density at radius 1 is 1.06 bits per heavy atom. The lowest BCUT2D eigenvalue weighted by atomic mass is 10.0. The van der Waals surface area contributed by atoms with Crippen molar-refractivity contribution < 1.29 is 9.53 Å². The van der Waals surface area contributed by atoms with Gasteiger partial charge in [-0.05, 0) is 36.2 Å². The molecular formula is C25H29N3O2Si-. The van der Waals surface area contributed by atoms with E-state index in [9.17, 15) is 4.79 Å². The molecule has 4 aromatic rings. The number of fused-ring (bicyclic) bond motifs is 2. The number of ether oxygens (including phenoxy) is 1. The lowest BCUT2D eigenvalue weighted by molar-refractivity contribution is 0.0791. The van der Waals surface area contributed by atoms with E-state index in [1.165, 1.54) is 0 Å². The number of ketones is 1. The van der Waals surface area contributed by atoms with Gasteiger partial charge >= 0.3 is 0 Å². The highest BCUT2D eigenvalue weighted by molar-refractivity contribution is 6.76. The van der Waals surface area contributed by atoms with Crippen molar-refractivity contribution in [2.24, 2.45) is 0 Å². The van der Waals surface area contributed by atoms with Crippen molar-refractivity contribution in [1.82, 2.24) is 14.8 Å². The number of Topliss-reactive ketones (excluding diaryl/α,β-unsaturated/α-hetero) is 1. The number of aryl methyl sites for hydroxylation is 1. The SMILES string of the molecule is Cc1cc(CC(=O)c2ccc3ccccc3n2)cc2cn(COCC[Si-](C)(C)C)nc12. The van der Waals surface area contributed by atoms with Crippen molar-refractivity contribution in [3.8, 4) is 0 Å². The topological polar surface area (TPSA) is 57.0 Å². The number of para-hydroxylation sites is 1. The summed E-state index contributed by atoms with van der Waals surface area (Å²) in [5.74, 6) is 0.0200. The second-order valence-electron chi connectivity index (χ2n) is 9.36. The first kappa shape index (κ1) is 21.4. The Hall–Kier alpha value is -2.83. The molecule has 0 saturated heterocycles. The number of pyridine rings is 1. The second-order valence-corrected chi connectivity index (χ2v) is 15.0. The monoisotopic (exact) mass is 431 g/mol. The molecule has 5 nitrogen and oxygen atoms in total.